The second-order valence-electron chi connectivity index (χ2n) is 5.83. The van der Waals surface area contributed by atoms with Gasteiger partial charge in [0.2, 0.25) is 0 Å². The summed E-state index contributed by atoms with van der Waals surface area (Å²) in [6, 6.07) is 0. The molecular weight excluding hydrogens is 214 g/mol. The Bertz CT molecular complexity index is 269. The van der Waals surface area contributed by atoms with Gasteiger partial charge in [0.15, 0.2) is 0 Å². The Balaban J connectivity index is 2.14. The predicted molar refractivity (Wildman–Crippen MR) is 67.4 cm³/mol. The maximum atomic E-state index is 12.2. The summed E-state index contributed by atoms with van der Waals surface area (Å²) in [6.45, 7) is 0.459. The molecule has 2 aliphatic carbocycles. The van der Waals surface area contributed by atoms with Crippen LogP contribution in [0.5, 0.6) is 0 Å². The lowest BCUT2D eigenvalue weighted by atomic mass is 9.66. The summed E-state index contributed by atoms with van der Waals surface area (Å²) in [5, 5.41) is 0. The molecule has 2 aliphatic rings. The fourth-order valence-corrected chi connectivity index (χ4v) is 3.45. The third kappa shape index (κ3) is 2.65. The van der Waals surface area contributed by atoms with Crippen LogP contribution >= 0.6 is 0 Å². The van der Waals surface area contributed by atoms with Crippen LogP contribution in [-0.2, 0) is 9.53 Å². The highest BCUT2D eigenvalue weighted by atomic mass is 16.5. The first-order valence-corrected chi connectivity index (χ1v) is 7.01. The Morgan fingerprint density at radius 3 is 2.35 bits per heavy atom. The van der Waals surface area contributed by atoms with Gasteiger partial charge in [-0.3, -0.25) is 4.79 Å². The van der Waals surface area contributed by atoms with Crippen LogP contribution in [-0.4, -0.2) is 19.6 Å². The average molecular weight is 239 g/mol. The van der Waals surface area contributed by atoms with Crippen LogP contribution in [0, 0.1) is 17.3 Å². The number of rotatable bonds is 5. The van der Waals surface area contributed by atoms with E-state index in [9.17, 15) is 4.79 Å². The molecule has 2 rings (SSSR count). The number of nitrogens with two attached hydrogens (primary N) is 1. The minimum atomic E-state index is -0.379. The van der Waals surface area contributed by atoms with Gasteiger partial charge in [0, 0.05) is 6.54 Å². The molecule has 0 aliphatic heterocycles. The van der Waals surface area contributed by atoms with Crippen LogP contribution in [0.1, 0.15) is 51.4 Å². The van der Waals surface area contributed by atoms with E-state index in [1.807, 2.05) is 0 Å². The summed E-state index contributed by atoms with van der Waals surface area (Å²) in [6.07, 6.45) is 9.60. The molecule has 0 aromatic rings. The third-order valence-corrected chi connectivity index (χ3v) is 4.69. The van der Waals surface area contributed by atoms with Crippen molar-refractivity contribution in [2.45, 2.75) is 51.4 Å². The fourth-order valence-electron chi connectivity index (χ4n) is 3.45. The number of hydrogen-bond donors (Lipinski definition) is 1. The number of hydrogen-bond acceptors (Lipinski definition) is 3. The minimum Gasteiger partial charge on any atom is -0.469 e. The number of ether oxygens (including phenoxy) is 1. The smallest absolute Gasteiger partial charge is 0.313 e. The van der Waals surface area contributed by atoms with Crippen LogP contribution in [0.2, 0.25) is 0 Å². The van der Waals surface area contributed by atoms with Gasteiger partial charge in [0.25, 0.3) is 0 Å². The Morgan fingerprint density at radius 1 is 1.24 bits per heavy atom. The molecule has 3 heteroatoms. The normalized spacial score (nSPS) is 25.3. The van der Waals surface area contributed by atoms with Crippen molar-refractivity contribution in [3.05, 3.63) is 0 Å². The highest BCUT2D eigenvalue weighted by Gasteiger charge is 2.48. The van der Waals surface area contributed by atoms with E-state index in [0.29, 0.717) is 12.5 Å². The van der Waals surface area contributed by atoms with Crippen molar-refractivity contribution < 1.29 is 9.53 Å². The quantitative estimate of drug-likeness (QED) is 0.750. The van der Waals surface area contributed by atoms with Gasteiger partial charge in [-0.1, -0.05) is 32.1 Å². The highest BCUT2D eigenvalue weighted by Crippen LogP contribution is 2.48. The van der Waals surface area contributed by atoms with E-state index in [1.165, 1.54) is 39.2 Å². The van der Waals surface area contributed by atoms with Gasteiger partial charge in [-0.25, -0.2) is 0 Å². The zero-order chi connectivity index (χ0) is 12.3. The standard InChI is InChI=1S/C14H25NO2/c1-17-13(16)14(10-15,9-11-7-8-11)12-5-3-2-4-6-12/h11-12H,2-10,15H2,1H3. The van der Waals surface area contributed by atoms with E-state index in [4.69, 9.17) is 10.5 Å². The van der Waals surface area contributed by atoms with Crippen molar-refractivity contribution in [3.63, 3.8) is 0 Å². The molecular formula is C14H25NO2. The van der Waals surface area contributed by atoms with Crippen LogP contribution in [0.15, 0.2) is 0 Å². The van der Waals surface area contributed by atoms with Crippen molar-refractivity contribution in [3.8, 4) is 0 Å². The highest BCUT2D eigenvalue weighted by molar-refractivity contribution is 5.77. The second-order valence-corrected chi connectivity index (χ2v) is 5.83. The Kier molecular flexibility index (Phi) is 4.08. The molecule has 0 amide bonds. The second kappa shape index (κ2) is 5.38. The monoisotopic (exact) mass is 239 g/mol. The molecule has 98 valence electrons. The zero-order valence-electron chi connectivity index (χ0n) is 10.9. The van der Waals surface area contributed by atoms with Crippen molar-refractivity contribution in [1.29, 1.82) is 0 Å². The van der Waals surface area contributed by atoms with Crippen LogP contribution in [0.4, 0.5) is 0 Å². The number of carbonyl (C=O) groups is 1. The largest absolute Gasteiger partial charge is 0.469 e. The summed E-state index contributed by atoms with van der Waals surface area (Å²) >= 11 is 0. The van der Waals surface area contributed by atoms with Crippen LogP contribution in [0.25, 0.3) is 0 Å². The van der Waals surface area contributed by atoms with E-state index < -0.39 is 0 Å². The zero-order valence-corrected chi connectivity index (χ0v) is 10.9. The maximum absolute atomic E-state index is 12.2. The molecule has 0 aromatic heterocycles. The third-order valence-electron chi connectivity index (χ3n) is 4.69. The van der Waals surface area contributed by atoms with Crippen molar-refractivity contribution in [2.24, 2.45) is 23.0 Å². The molecule has 0 radical (unpaired) electrons. The van der Waals surface area contributed by atoms with Gasteiger partial charge in [-0.05, 0) is 31.1 Å². The van der Waals surface area contributed by atoms with Crippen LogP contribution < -0.4 is 5.73 Å². The lowest BCUT2D eigenvalue weighted by Gasteiger charge is -2.39. The summed E-state index contributed by atoms with van der Waals surface area (Å²) in [5.74, 6) is 1.12. The minimum absolute atomic E-state index is 0.0567. The molecule has 1 atom stereocenters. The predicted octanol–water partition coefficient (Wildman–Crippen LogP) is 2.48. The van der Waals surface area contributed by atoms with Gasteiger partial charge < -0.3 is 10.5 Å². The van der Waals surface area contributed by atoms with E-state index in [-0.39, 0.29) is 11.4 Å². The van der Waals surface area contributed by atoms with Gasteiger partial charge in [0.05, 0.1) is 12.5 Å². The molecule has 0 spiro atoms. The fraction of sp³-hybridized carbons (Fsp3) is 0.929. The van der Waals surface area contributed by atoms with Crippen molar-refractivity contribution in [2.75, 3.05) is 13.7 Å². The summed E-state index contributed by atoms with van der Waals surface area (Å²) in [4.78, 5) is 12.2. The first-order valence-electron chi connectivity index (χ1n) is 7.01. The molecule has 0 saturated heterocycles. The van der Waals surface area contributed by atoms with Gasteiger partial charge in [0.1, 0.15) is 0 Å². The molecule has 2 N–H and O–H groups in total. The number of carbonyl (C=O) groups excluding carboxylic acids is 1. The van der Waals surface area contributed by atoms with Gasteiger partial charge in [-0.2, -0.15) is 0 Å². The van der Waals surface area contributed by atoms with Gasteiger partial charge >= 0.3 is 5.97 Å². The Hall–Kier alpha value is -0.570. The summed E-state index contributed by atoms with van der Waals surface area (Å²) in [5.41, 5.74) is 5.61. The lowest BCUT2D eigenvalue weighted by molar-refractivity contribution is -0.157. The molecule has 0 bridgehead atoms. The summed E-state index contributed by atoms with van der Waals surface area (Å²) in [7, 11) is 1.50. The topological polar surface area (TPSA) is 52.3 Å². The molecule has 0 aromatic carbocycles. The molecule has 2 saturated carbocycles. The lowest BCUT2D eigenvalue weighted by Crippen LogP contribution is -2.47. The Labute approximate surface area is 104 Å². The van der Waals surface area contributed by atoms with E-state index in [2.05, 4.69) is 0 Å². The Morgan fingerprint density at radius 2 is 1.88 bits per heavy atom. The molecule has 2 fully saturated rings. The maximum Gasteiger partial charge on any atom is 0.313 e. The van der Waals surface area contributed by atoms with Crippen molar-refractivity contribution >= 4 is 5.97 Å². The average Bonchev–Trinajstić information content (AvgIpc) is 3.20. The first kappa shape index (κ1) is 12.9. The van der Waals surface area contributed by atoms with Crippen LogP contribution in [0.3, 0.4) is 0 Å². The van der Waals surface area contributed by atoms with Gasteiger partial charge in [-0.15, -0.1) is 0 Å². The van der Waals surface area contributed by atoms with Crippen molar-refractivity contribution in [1.82, 2.24) is 0 Å². The molecule has 3 nitrogen and oxygen atoms in total. The number of esters is 1. The SMILES string of the molecule is COC(=O)C(CN)(CC1CC1)C1CCCCC1. The summed E-state index contributed by atoms with van der Waals surface area (Å²) < 4.78 is 5.07. The molecule has 17 heavy (non-hydrogen) atoms. The van der Waals surface area contributed by atoms with E-state index in [1.54, 1.807) is 0 Å². The first-order chi connectivity index (χ1) is 8.23. The van der Waals surface area contributed by atoms with E-state index in [0.717, 1.165) is 25.2 Å². The molecule has 0 heterocycles. The number of methoxy groups -OCH3 is 1. The molecule has 1 unspecified atom stereocenters. The van der Waals surface area contributed by atoms with E-state index >= 15 is 0 Å².